The van der Waals surface area contributed by atoms with Gasteiger partial charge in [-0.1, -0.05) is 18.6 Å². The number of hydrogen-bond acceptors (Lipinski definition) is 3. The Morgan fingerprint density at radius 1 is 1.21 bits per heavy atom. The van der Waals surface area contributed by atoms with E-state index in [2.05, 4.69) is 4.90 Å². The van der Waals surface area contributed by atoms with Gasteiger partial charge in [-0.25, -0.2) is 0 Å². The molecule has 104 valence electrons. The lowest BCUT2D eigenvalue weighted by molar-refractivity contribution is -0.126. The highest BCUT2D eigenvalue weighted by atomic mass is 16.5. The van der Waals surface area contributed by atoms with Crippen LogP contribution in [0.3, 0.4) is 0 Å². The molecule has 3 heteroatoms. The number of benzene rings is 1. The average Bonchev–Trinajstić information content (AvgIpc) is 2.41. The van der Waals surface area contributed by atoms with Crippen molar-refractivity contribution in [1.82, 2.24) is 4.90 Å². The fraction of sp³-hybridized carbons (Fsp3) is 0.562. The van der Waals surface area contributed by atoms with Crippen LogP contribution in [0.25, 0.3) is 0 Å². The summed E-state index contributed by atoms with van der Waals surface area (Å²) in [5.74, 6) is 1.52. The summed E-state index contributed by atoms with van der Waals surface area (Å²) >= 11 is 0. The number of methoxy groups -OCH3 is 1. The van der Waals surface area contributed by atoms with Crippen LogP contribution in [0.1, 0.15) is 30.7 Å². The van der Waals surface area contributed by atoms with Gasteiger partial charge in [0, 0.05) is 18.4 Å². The maximum atomic E-state index is 12.6. The van der Waals surface area contributed by atoms with E-state index < -0.39 is 0 Å². The quantitative estimate of drug-likeness (QED) is 0.834. The summed E-state index contributed by atoms with van der Waals surface area (Å²) in [6.45, 7) is 0.867. The van der Waals surface area contributed by atoms with Crippen LogP contribution in [0, 0.1) is 5.92 Å². The minimum Gasteiger partial charge on any atom is -0.497 e. The molecule has 19 heavy (non-hydrogen) atoms. The summed E-state index contributed by atoms with van der Waals surface area (Å²) in [6.07, 6.45) is 3.15. The number of nitrogens with zero attached hydrogens (tertiary/aromatic N) is 1. The van der Waals surface area contributed by atoms with Gasteiger partial charge in [0.1, 0.15) is 11.5 Å². The maximum absolute atomic E-state index is 12.6. The summed E-state index contributed by atoms with van der Waals surface area (Å²) in [5, 5.41) is 0. The zero-order chi connectivity index (χ0) is 13.8. The Bertz CT molecular complexity index is 425. The van der Waals surface area contributed by atoms with E-state index in [0.29, 0.717) is 5.78 Å². The highest BCUT2D eigenvalue weighted by Crippen LogP contribution is 2.34. The third-order valence-electron chi connectivity index (χ3n) is 3.89. The number of hydrogen-bond donors (Lipinski definition) is 0. The number of ketones is 1. The van der Waals surface area contributed by atoms with Gasteiger partial charge < -0.3 is 9.64 Å². The fourth-order valence-corrected chi connectivity index (χ4v) is 2.93. The van der Waals surface area contributed by atoms with Crippen LogP contribution in [0.2, 0.25) is 0 Å². The van der Waals surface area contributed by atoms with Gasteiger partial charge in [0.25, 0.3) is 0 Å². The van der Waals surface area contributed by atoms with Crippen molar-refractivity contribution < 1.29 is 9.53 Å². The van der Waals surface area contributed by atoms with Gasteiger partial charge in [0.15, 0.2) is 0 Å². The molecule has 0 radical (unpaired) electrons. The molecule has 2 atom stereocenters. The van der Waals surface area contributed by atoms with E-state index in [1.54, 1.807) is 7.11 Å². The van der Waals surface area contributed by atoms with Crippen LogP contribution in [0.15, 0.2) is 24.3 Å². The Morgan fingerprint density at radius 3 is 2.47 bits per heavy atom. The molecule has 2 unspecified atom stereocenters. The monoisotopic (exact) mass is 261 g/mol. The third kappa shape index (κ3) is 3.35. The molecule has 1 aliphatic rings. The zero-order valence-electron chi connectivity index (χ0n) is 12.1. The molecule has 2 rings (SSSR count). The highest BCUT2D eigenvalue weighted by Gasteiger charge is 2.32. The molecule has 1 aliphatic carbocycles. The zero-order valence-corrected chi connectivity index (χ0v) is 12.1. The Kier molecular flexibility index (Phi) is 4.59. The first-order chi connectivity index (χ1) is 9.11. The molecule has 1 aromatic rings. The molecule has 1 fully saturated rings. The second kappa shape index (κ2) is 6.20. The van der Waals surface area contributed by atoms with Gasteiger partial charge in [-0.2, -0.15) is 0 Å². The van der Waals surface area contributed by atoms with E-state index in [1.807, 2.05) is 38.4 Å². The largest absolute Gasteiger partial charge is 0.497 e. The molecular formula is C16H23NO2. The molecule has 0 N–H and O–H groups in total. The molecule has 1 saturated carbocycles. The van der Waals surface area contributed by atoms with Crippen molar-refractivity contribution in [2.75, 3.05) is 27.7 Å². The summed E-state index contributed by atoms with van der Waals surface area (Å²) in [6, 6.07) is 7.94. The first kappa shape index (κ1) is 14.1. The first-order valence-corrected chi connectivity index (χ1v) is 6.94. The van der Waals surface area contributed by atoms with E-state index >= 15 is 0 Å². The molecule has 1 aromatic carbocycles. The van der Waals surface area contributed by atoms with Gasteiger partial charge in [0.2, 0.25) is 0 Å². The van der Waals surface area contributed by atoms with Gasteiger partial charge in [-0.15, -0.1) is 0 Å². The van der Waals surface area contributed by atoms with Crippen LogP contribution in [0.4, 0.5) is 0 Å². The standard InChI is InChI=1S/C16H23NO2/c1-17(2)11-13-5-4-6-15(16(13)18)12-7-9-14(19-3)10-8-12/h7-10,13,15H,4-6,11H2,1-3H3. The molecule has 0 aliphatic heterocycles. The Hall–Kier alpha value is -1.35. The van der Waals surface area contributed by atoms with Gasteiger partial charge in [-0.05, 0) is 44.6 Å². The second-order valence-corrected chi connectivity index (χ2v) is 5.62. The number of rotatable bonds is 4. The number of Topliss-reactive ketones (excluding diaryl/α,β-unsaturated/α-hetero) is 1. The van der Waals surface area contributed by atoms with Crippen molar-refractivity contribution in [1.29, 1.82) is 0 Å². The molecule has 0 amide bonds. The first-order valence-electron chi connectivity index (χ1n) is 6.94. The summed E-state index contributed by atoms with van der Waals surface area (Å²) in [7, 11) is 5.72. The molecule has 0 spiro atoms. The summed E-state index contributed by atoms with van der Waals surface area (Å²) < 4.78 is 5.17. The molecule has 0 bridgehead atoms. The van der Waals surface area contributed by atoms with Crippen molar-refractivity contribution >= 4 is 5.78 Å². The predicted molar refractivity (Wildman–Crippen MR) is 76.6 cm³/mol. The Balaban J connectivity index is 2.12. The van der Waals surface area contributed by atoms with Crippen molar-refractivity contribution in [3.05, 3.63) is 29.8 Å². The van der Waals surface area contributed by atoms with E-state index in [1.165, 1.54) is 0 Å². The average molecular weight is 261 g/mol. The second-order valence-electron chi connectivity index (χ2n) is 5.62. The van der Waals surface area contributed by atoms with Crippen molar-refractivity contribution in [2.24, 2.45) is 5.92 Å². The SMILES string of the molecule is COc1ccc(C2CCCC(CN(C)C)C2=O)cc1. The van der Waals surface area contributed by atoms with E-state index in [4.69, 9.17) is 4.74 Å². The van der Waals surface area contributed by atoms with Crippen LogP contribution in [0.5, 0.6) is 5.75 Å². The van der Waals surface area contributed by atoms with Crippen LogP contribution < -0.4 is 4.74 Å². The normalized spacial score (nSPS) is 23.7. The lowest BCUT2D eigenvalue weighted by atomic mass is 9.76. The minimum atomic E-state index is 0.0737. The molecule has 3 nitrogen and oxygen atoms in total. The smallest absolute Gasteiger partial charge is 0.144 e. The predicted octanol–water partition coefficient (Wildman–Crippen LogP) is 2.71. The van der Waals surface area contributed by atoms with Crippen molar-refractivity contribution in [3.63, 3.8) is 0 Å². The lowest BCUT2D eigenvalue weighted by Crippen LogP contribution is -2.34. The minimum absolute atomic E-state index is 0.0737. The van der Waals surface area contributed by atoms with E-state index in [9.17, 15) is 4.79 Å². The van der Waals surface area contributed by atoms with Gasteiger partial charge in [-0.3, -0.25) is 4.79 Å². The highest BCUT2D eigenvalue weighted by molar-refractivity contribution is 5.88. The Morgan fingerprint density at radius 2 is 1.89 bits per heavy atom. The Labute approximate surface area is 115 Å². The maximum Gasteiger partial charge on any atom is 0.144 e. The van der Waals surface area contributed by atoms with Gasteiger partial charge >= 0.3 is 0 Å². The lowest BCUT2D eigenvalue weighted by Gasteiger charge is -2.29. The van der Waals surface area contributed by atoms with Crippen molar-refractivity contribution in [2.45, 2.75) is 25.2 Å². The number of carbonyl (C=O) groups is 1. The molecule has 0 saturated heterocycles. The van der Waals surface area contributed by atoms with Gasteiger partial charge in [0.05, 0.1) is 7.11 Å². The summed E-state index contributed by atoms with van der Waals surface area (Å²) in [4.78, 5) is 14.7. The number of ether oxygens (including phenoxy) is 1. The van der Waals surface area contributed by atoms with Crippen LogP contribution in [-0.2, 0) is 4.79 Å². The van der Waals surface area contributed by atoms with Crippen LogP contribution >= 0.6 is 0 Å². The fourth-order valence-electron chi connectivity index (χ4n) is 2.93. The number of carbonyl (C=O) groups excluding carboxylic acids is 1. The van der Waals surface area contributed by atoms with E-state index in [0.717, 1.165) is 37.1 Å². The molecule has 0 heterocycles. The van der Waals surface area contributed by atoms with Crippen molar-refractivity contribution in [3.8, 4) is 5.75 Å². The summed E-state index contributed by atoms with van der Waals surface area (Å²) in [5.41, 5.74) is 1.13. The third-order valence-corrected chi connectivity index (χ3v) is 3.89. The molecule has 0 aromatic heterocycles. The van der Waals surface area contributed by atoms with E-state index in [-0.39, 0.29) is 11.8 Å². The molecular weight excluding hydrogens is 238 g/mol. The van der Waals surface area contributed by atoms with Crippen LogP contribution in [-0.4, -0.2) is 38.4 Å². The topological polar surface area (TPSA) is 29.5 Å².